The second-order valence-corrected chi connectivity index (χ2v) is 6.79. The van der Waals surface area contributed by atoms with E-state index in [2.05, 4.69) is 15.5 Å². The van der Waals surface area contributed by atoms with E-state index in [9.17, 15) is 15.2 Å². The topological polar surface area (TPSA) is 101 Å². The average Bonchev–Trinajstić information content (AvgIpc) is 3.19. The van der Waals surface area contributed by atoms with Gasteiger partial charge in [-0.1, -0.05) is 42.5 Å². The summed E-state index contributed by atoms with van der Waals surface area (Å²) in [5, 5.41) is 29.5. The number of phenols is 1. The molecule has 0 radical (unpaired) electrons. The van der Waals surface area contributed by atoms with Crippen LogP contribution in [-0.4, -0.2) is 21.2 Å². The Morgan fingerprint density at radius 3 is 2.86 bits per heavy atom. The van der Waals surface area contributed by atoms with Crippen LogP contribution in [0.2, 0.25) is 0 Å². The fourth-order valence-corrected chi connectivity index (χ4v) is 3.48. The van der Waals surface area contributed by atoms with Crippen LogP contribution in [0.15, 0.2) is 71.1 Å². The number of nitrogens with one attached hydrogen (secondary N) is 1. The van der Waals surface area contributed by atoms with Crippen LogP contribution in [-0.2, 0) is 0 Å². The number of rotatable bonds is 5. The molecule has 8 heteroatoms. The van der Waals surface area contributed by atoms with Gasteiger partial charge in [-0.05, 0) is 16.8 Å². The van der Waals surface area contributed by atoms with E-state index < -0.39 is 4.92 Å². The van der Waals surface area contributed by atoms with Crippen LogP contribution in [0, 0.1) is 10.1 Å². The lowest BCUT2D eigenvalue weighted by atomic mass is 10.0. The molecule has 2 N–H and O–H groups in total. The highest BCUT2D eigenvalue weighted by molar-refractivity contribution is 7.14. The summed E-state index contributed by atoms with van der Waals surface area (Å²) in [6.45, 7) is 0. The van der Waals surface area contributed by atoms with Crippen molar-refractivity contribution >= 4 is 39.1 Å². The van der Waals surface area contributed by atoms with Crippen molar-refractivity contribution in [1.82, 2.24) is 4.98 Å². The number of benzene rings is 3. The molecular weight excluding hydrogens is 376 g/mol. The van der Waals surface area contributed by atoms with Gasteiger partial charge < -0.3 is 5.11 Å². The van der Waals surface area contributed by atoms with Crippen molar-refractivity contribution in [2.75, 3.05) is 5.43 Å². The van der Waals surface area contributed by atoms with E-state index in [0.29, 0.717) is 22.0 Å². The van der Waals surface area contributed by atoms with Gasteiger partial charge >= 0.3 is 0 Å². The Bertz CT molecular complexity index is 1200. The zero-order valence-corrected chi connectivity index (χ0v) is 15.3. The molecule has 0 amide bonds. The molecule has 4 rings (SSSR count). The minimum atomic E-state index is -0.435. The highest BCUT2D eigenvalue weighted by Gasteiger charge is 2.10. The number of hydrogen-bond donors (Lipinski definition) is 2. The maximum atomic E-state index is 10.9. The van der Waals surface area contributed by atoms with Gasteiger partial charge in [-0.2, -0.15) is 5.10 Å². The molecular formula is C20H14N4O3S. The molecule has 0 aliphatic heterocycles. The number of hydrogen-bond acceptors (Lipinski definition) is 7. The first-order valence-electron chi connectivity index (χ1n) is 8.32. The Morgan fingerprint density at radius 1 is 1.14 bits per heavy atom. The van der Waals surface area contributed by atoms with Gasteiger partial charge in [0, 0.05) is 28.6 Å². The van der Waals surface area contributed by atoms with Crippen LogP contribution in [0.3, 0.4) is 0 Å². The number of aromatic hydroxyl groups is 1. The summed E-state index contributed by atoms with van der Waals surface area (Å²) < 4.78 is 0. The molecule has 28 heavy (non-hydrogen) atoms. The van der Waals surface area contributed by atoms with E-state index in [4.69, 9.17) is 0 Å². The number of nitrogens with zero attached hydrogens (tertiary/aromatic N) is 3. The summed E-state index contributed by atoms with van der Waals surface area (Å²) in [7, 11) is 0. The van der Waals surface area contributed by atoms with Crippen LogP contribution in [0.25, 0.3) is 22.0 Å². The monoisotopic (exact) mass is 390 g/mol. The molecule has 138 valence electrons. The number of fused-ring (bicyclic) bond motifs is 1. The first-order valence-corrected chi connectivity index (χ1v) is 9.20. The molecule has 0 spiro atoms. The number of phenolic OH excluding ortho intramolecular Hbond substituents is 1. The van der Waals surface area contributed by atoms with Gasteiger partial charge in [-0.15, -0.1) is 11.3 Å². The van der Waals surface area contributed by atoms with Crippen molar-refractivity contribution in [1.29, 1.82) is 0 Å². The van der Waals surface area contributed by atoms with Crippen molar-refractivity contribution in [2.24, 2.45) is 5.10 Å². The second kappa shape index (κ2) is 7.45. The molecule has 1 heterocycles. The van der Waals surface area contributed by atoms with Gasteiger partial charge in [0.25, 0.3) is 5.69 Å². The summed E-state index contributed by atoms with van der Waals surface area (Å²) in [5.74, 6) is 0.140. The minimum absolute atomic E-state index is 0.0180. The number of thiazole rings is 1. The minimum Gasteiger partial charge on any atom is -0.507 e. The Hall–Kier alpha value is -3.78. The van der Waals surface area contributed by atoms with E-state index >= 15 is 0 Å². The molecule has 0 fully saturated rings. The Morgan fingerprint density at radius 2 is 2.00 bits per heavy atom. The summed E-state index contributed by atoms with van der Waals surface area (Å²) in [5.41, 5.74) is 4.76. The zero-order chi connectivity index (χ0) is 19.5. The van der Waals surface area contributed by atoms with E-state index in [1.165, 1.54) is 23.5 Å². The Kier molecular flexibility index (Phi) is 4.69. The Balaban J connectivity index is 1.55. The number of nitro groups is 1. The van der Waals surface area contributed by atoms with Crippen LogP contribution in [0.1, 0.15) is 5.56 Å². The highest BCUT2D eigenvalue weighted by atomic mass is 32.1. The maximum Gasteiger partial charge on any atom is 0.270 e. The van der Waals surface area contributed by atoms with Gasteiger partial charge in [-0.3, -0.25) is 15.5 Å². The molecule has 0 aliphatic rings. The first-order chi connectivity index (χ1) is 13.6. The smallest absolute Gasteiger partial charge is 0.270 e. The molecule has 0 saturated heterocycles. The van der Waals surface area contributed by atoms with Gasteiger partial charge in [-0.25, -0.2) is 4.98 Å². The molecule has 4 aromatic rings. The first kappa shape index (κ1) is 17.6. The fraction of sp³-hybridized carbons (Fsp3) is 0. The fourth-order valence-electron chi connectivity index (χ4n) is 2.81. The van der Waals surface area contributed by atoms with Crippen LogP contribution >= 0.6 is 11.3 Å². The number of hydrazone groups is 1. The number of nitro benzene ring substituents is 1. The summed E-state index contributed by atoms with van der Waals surface area (Å²) in [6, 6.07) is 17.5. The van der Waals surface area contributed by atoms with Crippen molar-refractivity contribution in [3.05, 3.63) is 81.7 Å². The molecule has 0 bridgehead atoms. The lowest BCUT2D eigenvalue weighted by Crippen LogP contribution is -1.92. The Labute approximate surface area is 163 Å². The summed E-state index contributed by atoms with van der Waals surface area (Å²) in [4.78, 5) is 14.9. The molecule has 7 nitrogen and oxygen atoms in total. The van der Waals surface area contributed by atoms with Crippen molar-refractivity contribution < 1.29 is 10.0 Å². The predicted molar refractivity (Wildman–Crippen MR) is 111 cm³/mol. The third kappa shape index (κ3) is 3.53. The highest BCUT2D eigenvalue weighted by Crippen LogP contribution is 2.28. The molecule has 0 unspecified atom stereocenters. The van der Waals surface area contributed by atoms with Crippen LogP contribution in [0.5, 0.6) is 5.75 Å². The third-order valence-electron chi connectivity index (χ3n) is 4.16. The van der Waals surface area contributed by atoms with Gasteiger partial charge in [0.15, 0.2) is 0 Å². The van der Waals surface area contributed by atoms with Gasteiger partial charge in [0.05, 0.1) is 16.8 Å². The second-order valence-electron chi connectivity index (χ2n) is 5.93. The van der Waals surface area contributed by atoms with Crippen molar-refractivity contribution in [2.45, 2.75) is 0 Å². The lowest BCUT2D eigenvalue weighted by molar-refractivity contribution is -0.384. The molecule has 0 aliphatic carbocycles. The third-order valence-corrected chi connectivity index (χ3v) is 4.91. The average molecular weight is 390 g/mol. The number of non-ortho nitro benzene ring substituents is 1. The van der Waals surface area contributed by atoms with E-state index in [1.54, 1.807) is 29.8 Å². The van der Waals surface area contributed by atoms with Crippen molar-refractivity contribution in [3.63, 3.8) is 0 Å². The normalized spacial score (nSPS) is 11.1. The lowest BCUT2D eigenvalue weighted by Gasteiger charge is -2.04. The molecule has 3 aromatic carbocycles. The maximum absolute atomic E-state index is 10.9. The SMILES string of the molecule is O=[N+]([O-])c1cccc(-c2csc(N/N=C/c3c(O)ccc4ccccc34)n2)c1. The van der Waals surface area contributed by atoms with Crippen molar-refractivity contribution in [3.8, 4) is 17.0 Å². The number of aromatic nitrogens is 1. The number of anilines is 1. The van der Waals surface area contributed by atoms with E-state index in [1.807, 2.05) is 30.3 Å². The quantitative estimate of drug-likeness (QED) is 0.283. The predicted octanol–water partition coefficient (Wildman–Crippen LogP) is 5.02. The van der Waals surface area contributed by atoms with E-state index in [-0.39, 0.29) is 11.4 Å². The molecule has 0 saturated carbocycles. The summed E-state index contributed by atoms with van der Waals surface area (Å²) >= 11 is 1.33. The standard InChI is InChI=1S/C20H14N4O3S/c25-19-9-8-13-4-1-2-7-16(13)17(19)11-21-23-20-22-18(12-28-20)14-5-3-6-15(10-14)24(26)27/h1-12,25H,(H,22,23)/b21-11+. The van der Waals surface area contributed by atoms with Gasteiger partial charge in [0.1, 0.15) is 5.75 Å². The van der Waals surface area contributed by atoms with Crippen LogP contribution < -0.4 is 5.43 Å². The van der Waals surface area contributed by atoms with E-state index in [0.717, 1.165) is 10.8 Å². The molecule has 1 aromatic heterocycles. The summed E-state index contributed by atoms with van der Waals surface area (Å²) in [6.07, 6.45) is 1.55. The van der Waals surface area contributed by atoms with Gasteiger partial charge in [0.2, 0.25) is 5.13 Å². The molecule has 0 atom stereocenters. The zero-order valence-electron chi connectivity index (χ0n) is 14.4. The largest absolute Gasteiger partial charge is 0.507 e. The van der Waals surface area contributed by atoms with Crippen LogP contribution in [0.4, 0.5) is 10.8 Å².